The normalized spacial score (nSPS) is 13.9. The summed E-state index contributed by atoms with van der Waals surface area (Å²) < 4.78 is 5.05. The quantitative estimate of drug-likeness (QED) is 0.433. The van der Waals surface area contributed by atoms with Crippen molar-refractivity contribution in [1.82, 2.24) is 20.0 Å². The number of nitrogens with zero attached hydrogens (tertiary/aromatic N) is 5. The average Bonchev–Trinajstić information content (AvgIpc) is 3.34. The number of amides is 1. The lowest BCUT2D eigenvalue weighted by atomic mass is 9.88. The number of aryl methyl sites for hydroxylation is 1. The van der Waals surface area contributed by atoms with Gasteiger partial charge in [0.2, 0.25) is 17.6 Å². The van der Waals surface area contributed by atoms with E-state index >= 15 is 0 Å². The summed E-state index contributed by atoms with van der Waals surface area (Å²) in [7, 11) is 0. The van der Waals surface area contributed by atoms with Gasteiger partial charge >= 0.3 is 0 Å². The Balaban J connectivity index is 1.22. The molecule has 3 heterocycles. The Hall–Kier alpha value is -4.00. The molecule has 0 N–H and O–H groups in total. The van der Waals surface area contributed by atoms with Crippen molar-refractivity contribution in [2.75, 3.05) is 31.1 Å². The zero-order chi connectivity index (χ0) is 23.3. The Morgan fingerprint density at radius 2 is 1.56 bits per heavy atom. The van der Waals surface area contributed by atoms with E-state index in [-0.39, 0.29) is 11.8 Å². The summed E-state index contributed by atoms with van der Waals surface area (Å²) in [6.45, 7) is 4.63. The highest BCUT2D eigenvalue weighted by Gasteiger charge is 2.25. The van der Waals surface area contributed by atoms with Gasteiger partial charge in [-0.15, -0.1) is 0 Å². The summed E-state index contributed by atoms with van der Waals surface area (Å²) in [6.07, 6.45) is 2.23. The maximum absolute atomic E-state index is 13.3. The number of piperazine rings is 1. The van der Waals surface area contributed by atoms with E-state index in [2.05, 4.69) is 44.3 Å². The first-order valence-electron chi connectivity index (χ1n) is 11.6. The van der Waals surface area contributed by atoms with Crippen LogP contribution in [0.2, 0.25) is 0 Å². The second-order valence-corrected chi connectivity index (χ2v) is 8.49. The fourth-order valence-corrected chi connectivity index (χ4v) is 4.41. The molecule has 1 fully saturated rings. The largest absolute Gasteiger partial charge is 0.353 e. The van der Waals surface area contributed by atoms with Crippen molar-refractivity contribution in [3.63, 3.8) is 0 Å². The molecule has 2 aromatic heterocycles. The zero-order valence-electron chi connectivity index (χ0n) is 19.2. The van der Waals surface area contributed by atoms with Crippen LogP contribution in [-0.2, 0) is 4.79 Å². The van der Waals surface area contributed by atoms with E-state index in [4.69, 9.17) is 4.52 Å². The number of anilines is 1. The number of benzene rings is 2. The number of carbonyl (C=O) groups excluding carboxylic acids is 1. The van der Waals surface area contributed by atoms with Crippen molar-refractivity contribution in [2.45, 2.75) is 19.3 Å². The van der Waals surface area contributed by atoms with Crippen molar-refractivity contribution >= 4 is 11.7 Å². The molecular formula is C27H27N5O2. The predicted octanol–water partition coefficient (Wildman–Crippen LogP) is 4.31. The summed E-state index contributed by atoms with van der Waals surface area (Å²) in [4.78, 5) is 26.3. The van der Waals surface area contributed by atoms with E-state index < -0.39 is 0 Å². The van der Waals surface area contributed by atoms with Crippen LogP contribution >= 0.6 is 0 Å². The maximum atomic E-state index is 13.3. The van der Waals surface area contributed by atoms with Crippen LogP contribution in [0.25, 0.3) is 11.4 Å². The number of hydrogen-bond donors (Lipinski definition) is 0. The van der Waals surface area contributed by atoms with Gasteiger partial charge in [-0.2, -0.15) is 4.98 Å². The Labute approximate surface area is 199 Å². The number of hydrogen-bond acceptors (Lipinski definition) is 6. The van der Waals surface area contributed by atoms with Crippen LogP contribution in [0.1, 0.15) is 29.4 Å². The van der Waals surface area contributed by atoms with E-state index in [1.807, 2.05) is 53.4 Å². The van der Waals surface area contributed by atoms with Gasteiger partial charge in [-0.05, 0) is 23.3 Å². The van der Waals surface area contributed by atoms with Crippen molar-refractivity contribution in [1.29, 1.82) is 0 Å². The molecule has 1 aliphatic heterocycles. The van der Waals surface area contributed by atoms with Crippen molar-refractivity contribution in [3.8, 4) is 11.4 Å². The predicted molar refractivity (Wildman–Crippen MR) is 130 cm³/mol. The highest BCUT2D eigenvalue weighted by atomic mass is 16.5. The van der Waals surface area contributed by atoms with E-state index in [9.17, 15) is 4.79 Å². The SMILES string of the molecule is Cc1nc(-c2ccc(N3CCN(C(=O)CC(c4ccccc4)c4ccccc4)CC3)nc2)no1. The standard InChI is InChI=1S/C27H27N5O2/c1-20-29-27(30-34-20)23-12-13-25(28-19-23)31-14-16-32(17-15-31)26(33)18-24(21-8-4-2-5-9-21)22-10-6-3-7-11-22/h2-13,19,24H,14-18H2,1H3. The minimum atomic E-state index is 0.0518. The molecule has 0 spiro atoms. The first-order chi connectivity index (χ1) is 16.7. The van der Waals surface area contributed by atoms with Gasteiger partial charge in [0, 0.05) is 57.2 Å². The Bertz CT molecular complexity index is 1180. The first-order valence-corrected chi connectivity index (χ1v) is 11.6. The number of aromatic nitrogens is 3. The maximum Gasteiger partial charge on any atom is 0.223 e. The molecule has 1 saturated heterocycles. The Kier molecular flexibility index (Phi) is 6.33. The van der Waals surface area contributed by atoms with E-state index in [1.165, 1.54) is 11.1 Å². The smallest absolute Gasteiger partial charge is 0.223 e. The molecule has 34 heavy (non-hydrogen) atoms. The van der Waals surface area contributed by atoms with Crippen molar-refractivity contribution < 1.29 is 9.32 Å². The number of carbonyl (C=O) groups is 1. The Morgan fingerprint density at radius 1 is 0.912 bits per heavy atom. The van der Waals surface area contributed by atoms with Gasteiger partial charge in [0.05, 0.1) is 0 Å². The molecule has 7 heteroatoms. The van der Waals surface area contributed by atoms with Gasteiger partial charge in [-0.3, -0.25) is 4.79 Å². The summed E-state index contributed by atoms with van der Waals surface area (Å²) in [6, 6.07) is 24.5. The summed E-state index contributed by atoms with van der Waals surface area (Å²) in [5.41, 5.74) is 3.16. The van der Waals surface area contributed by atoms with Gasteiger partial charge in [-0.25, -0.2) is 4.98 Å². The van der Waals surface area contributed by atoms with Gasteiger partial charge in [0.25, 0.3) is 0 Å². The third-order valence-corrected chi connectivity index (χ3v) is 6.27. The highest BCUT2D eigenvalue weighted by molar-refractivity contribution is 5.78. The lowest BCUT2D eigenvalue weighted by molar-refractivity contribution is -0.131. The van der Waals surface area contributed by atoms with Crippen LogP contribution in [0.5, 0.6) is 0 Å². The van der Waals surface area contributed by atoms with Crippen LogP contribution in [0, 0.1) is 6.92 Å². The molecule has 0 bridgehead atoms. The number of rotatable bonds is 6. The van der Waals surface area contributed by atoms with Crippen molar-refractivity contribution in [3.05, 3.63) is 96.0 Å². The molecule has 0 aliphatic carbocycles. The van der Waals surface area contributed by atoms with Gasteiger partial charge < -0.3 is 14.3 Å². The van der Waals surface area contributed by atoms with Crippen LogP contribution < -0.4 is 4.90 Å². The molecular weight excluding hydrogens is 426 g/mol. The van der Waals surface area contributed by atoms with Gasteiger partial charge in [-0.1, -0.05) is 65.8 Å². The average molecular weight is 454 g/mol. The molecule has 7 nitrogen and oxygen atoms in total. The van der Waals surface area contributed by atoms with Gasteiger partial charge in [0.1, 0.15) is 5.82 Å². The van der Waals surface area contributed by atoms with Crippen molar-refractivity contribution in [2.24, 2.45) is 0 Å². The first kappa shape index (κ1) is 21.8. The zero-order valence-corrected chi connectivity index (χ0v) is 19.2. The molecule has 0 radical (unpaired) electrons. The highest BCUT2D eigenvalue weighted by Crippen LogP contribution is 2.29. The molecule has 1 aliphatic rings. The number of pyridine rings is 1. The second kappa shape index (κ2) is 9.87. The fourth-order valence-electron chi connectivity index (χ4n) is 4.41. The minimum Gasteiger partial charge on any atom is -0.353 e. The van der Waals surface area contributed by atoms with Crippen LogP contribution in [0.15, 0.2) is 83.5 Å². The summed E-state index contributed by atoms with van der Waals surface area (Å²) in [5.74, 6) is 2.20. The van der Waals surface area contributed by atoms with Crippen LogP contribution in [0.4, 0.5) is 5.82 Å². The molecule has 172 valence electrons. The third kappa shape index (κ3) is 4.83. The molecule has 5 rings (SSSR count). The molecule has 1 amide bonds. The van der Waals surface area contributed by atoms with E-state index in [0.717, 1.165) is 24.5 Å². The monoisotopic (exact) mass is 453 g/mol. The van der Waals surface area contributed by atoms with E-state index in [1.54, 1.807) is 13.1 Å². The fraction of sp³-hybridized carbons (Fsp3) is 0.259. The van der Waals surface area contributed by atoms with E-state index in [0.29, 0.717) is 31.2 Å². The lowest BCUT2D eigenvalue weighted by Gasteiger charge is -2.36. The summed E-state index contributed by atoms with van der Waals surface area (Å²) >= 11 is 0. The molecule has 4 aromatic rings. The molecule has 0 saturated carbocycles. The molecule has 0 unspecified atom stereocenters. The van der Waals surface area contributed by atoms with Crippen LogP contribution in [-0.4, -0.2) is 52.1 Å². The topological polar surface area (TPSA) is 75.4 Å². The van der Waals surface area contributed by atoms with Gasteiger partial charge in [0.15, 0.2) is 0 Å². The molecule has 2 aromatic carbocycles. The van der Waals surface area contributed by atoms with Crippen LogP contribution in [0.3, 0.4) is 0 Å². The minimum absolute atomic E-state index is 0.0518. The lowest BCUT2D eigenvalue weighted by Crippen LogP contribution is -2.49. The second-order valence-electron chi connectivity index (χ2n) is 8.49. The Morgan fingerprint density at radius 3 is 2.09 bits per heavy atom. The summed E-state index contributed by atoms with van der Waals surface area (Å²) in [5, 5.41) is 3.94. The third-order valence-electron chi connectivity index (χ3n) is 6.27. The molecule has 0 atom stereocenters.